The van der Waals surface area contributed by atoms with Gasteiger partial charge in [-0.25, -0.2) is 0 Å². The molecule has 0 radical (unpaired) electrons. The van der Waals surface area contributed by atoms with Crippen LogP contribution in [0.5, 0.6) is 0 Å². The first-order chi connectivity index (χ1) is 6.15. The Morgan fingerprint density at radius 2 is 2.00 bits per heavy atom. The summed E-state index contributed by atoms with van der Waals surface area (Å²) in [6.07, 6.45) is 2.38. The van der Waals surface area contributed by atoms with Crippen LogP contribution < -0.4 is 5.73 Å². The minimum Gasteiger partial charge on any atom is -0.343 e. The molecule has 0 bridgehead atoms. The van der Waals surface area contributed by atoms with Crippen molar-refractivity contribution >= 4 is 5.91 Å². The number of nitrogens with zero attached hydrogens (tertiary/aromatic N) is 1. The SMILES string of the molecule is CCCN(CC)C(=O)C[C@H](N)CC. The molecule has 0 aliphatic heterocycles. The Morgan fingerprint density at radius 3 is 2.38 bits per heavy atom. The van der Waals surface area contributed by atoms with Crippen molar-refractivity contribution in [2.24, 2.45) is 5.73 Å². The molecule has 13 heavy (non-hydrogen) atoms. The summed E-state index contributed by atoms with van der Waals surface area (Å²) in [5, 5.41) is 0. The van der Waals surface area contributed by atoms with Crippen molar-refractivity contribution in [2.75, 3.05) is 13.1 Å². The molecular formula is C10H22N2O. The van der Waals surface area contributed by atoms with Gasteiger partial charge in [0.2, 0.25) is 5.91 Å². The number of carbonyl (C=O) groups is 1. The van der Waals surface area contributed by atoms with Gasteiger partial charge in [0, 0.05) is 25.6 Å². The summed E-state index contributed by atoms with van der Waals surface area (Å²) in [6, 6.07) is 0.0263. The summed E-state index contributed by atoms with van der Waals surface area (Å²) in [5.41, 5.74) is 5.72. The van der Waals surface area contributed by atoms with E-state index in [9.17, 15) is 4.79 Å². The molecule has 0 aromatic heterocycles. The molecule has 3 heteroatoms. The highest BCUT2D eigenvalue weighted by molar-refractivity contribution is 5.76. The second-order valence-corrected chi connectivity index (χ2v) is 3.35. The number of carbonyl (C=O) groups excluding carboxylic acids is 1. The zero-order valence-electron chi connectivity index (χ0n) is 9.05. The highest BCUT2D eigenvalue weighted by Gasteiger charge is 2.13. The van der Waals surface area contributed by atoms with Crippen molar-refractivity contribution in [3.05, 3.63) is 0 Å². The third kappa shape index (κ3) is 4.88. The fourth-order valence-corrected chi connectivity index (χ4v) is 1.23. The van der Waals surface area contributed by atoms with E-state index in [1.54, 1.807) is 0 Å². The van der Waals surface area contributed by atoms with E-state index in [4.69, 9.17) is 5.73 Å². The summed E-state index contributed by atoms with van der Waals surface area (Å²) in [7, 11) is 0. The molecule has 0 aliphatic carbocycles. The normalized spacial score (nSPS) is 12.6. The van der Waals surface area contributed by atoms with Crippen LogP contribution in [-0.2, 0) is 4.79 Å². The third-order valence-corrected chi connectivity index (χ3v) is 2.19. The molecule has 1 amide bonds. The van der Waals surface area contributed by atoms with Crippen LogP contribution in [0.2, 0.25) is 0 Å². The lowest BCUT2D eigenvalue weighted by Gasteiger charge is -2.21. The van der Waals surface area contributed by atoms with Crippen LogP contribution in [0.3, 0.4) is 0 Å². The highest BCUT2D eigenvalue weighted by atomic mass is 16.2. The molecule has 0 aliphatic rings. The van der Waals surface area contributed by atoms with Crippen LogP contribution >= 0.6 is 0 Å². The van der Waals surface area contributed by atoms with Gasteiger partial charge in [-0.3, -0.25) is 4.79 Å². The minimum absolute atomic E-state index is 0.0263. The third-order valence-electron chi connectivity index (χ3n) is 2.19. The second kappa shape index (κ2) is 6.89. The molecular weight excluding hydrogens is 164 g/mol. The summed E-state index contributed by atoms with van der Waals surface area (Å²) in [4.78, 5) is 13.4. The van der Waals surface area contributed by atoms with E-state index in [1.807, 2.05) is 18.7 Å². The van der Waals surface area contributed by atoms with Gasteiger partial charge >= 0.3 is 0 Å². The summed E-state index contributed by atoms with van der Waals surface area (Å²) < 4.78 is 0. The molecule has 0 saturated carbocycles. The average Bonchev–Trinajstić information content (AvgIpc) is 2.13. The average molecular weight is 186 g/mol. The van der Waals surface area contributed by atoms with Gasteiger partial charge in [0.15, 0.2) is 0 Å². The molecule has 0 rings (SSSR count). The summed E-state index contributed by atoms with van der Waals surface area (Å²) in [6.45, 7) is 7.74. The largest absolute Gasteiger partial charge is 0.343 e. The summed E-state index contributed by atoms with van der Waals surface area (Å²) in [5.74, 6) is 0.193. The van der Waals surface area contributed by atoms with E-state index in [0.29, 0.717) is 6.42 Å². The van der Waals surface area contributed by atoms with Crippen LogP contribution in [0.1, 0.15) is 40.0 Å². The lowest BCUT2D eigenvalue weighted by molar-refractivity contribution is -0.131. The molecule has 0 unspecified atom stereocenters. The lowest BCUT2D eigenvalue weighted by Crippen LogP contribution is -2.36. The van der Waals surface area contributed by atoms with Crippen LogP contribution in [0.25, 0.3) is 0 Å². The standard InChI is InChI=1S/C10H22N2O/c1-4-7-12(6-3)10(13)8-9(11)5-2/h9H,4-8,11H2,1-3H3/t9-/m1/s1. The Balaban J connectivity index is 3.90. The predicted molar refractivity (Wildman–Crippen MR) is 55.4 cm³/mol. The van der Waals surface area contributed by atoms with Gasteiger partial charge in [-0.1, -0.05) is 13.8 Å². The number of amides is 1. The van der Waals surface area contributed by atoms with Crippen LogP contribution in [0.15, 0.2) is 0 Å². The van der Waals surface area contributed by atoms with Crippen molar-refractivity contribution in [3.8, 4) is 0 Å². The number of nitrogens with two attached hydrogens (primary N) is 1. The van der Waals surface area contributed by atoms with E-state index < -0.39 is 0 Å². The first kappa shape index (κ1) is 12.4. The highest BCUT2D eigenvalue weighted by Crippen LogP contribution is 2.00. The quantitative estimate of drug-likeness (QED) is 0.681. The lowest BCUT2D eigenvalue weighted by atomic mass is 10.1. The Kier molecular flexibility index (Phi) is 6.59. The first-order valence-electron chi connectivity index (χ1n) is 5.18. The maximum atomic E-state index is 11.6. The van der Waals surface area contributed by atoms with Gasteiger partial charge in [-0.2, -0.15) is 0 Å². The van der Waals surface area contributed by atoms with Gasteiger partial charge < -0.3 is 10.6 Å². The molecule has 3 nitrogen and oxygen atoms in total. The number of hydrogen-bond acceptors (Lipinski definition) is 2. The van der Waals surface area contributed by atoms with Gasteiger partial charge in [0.05, 0.1) is 0 Å². The second-order valence-electron chi connectivity index (χ2n) is 3.35. The van der Waals surface area contributed by atoms with E-state index in [1.165, 1.54) is 0 Å². The van der Waals surface area contributed by atoms with E-state index >= 15 is 0 Å². The fraction of sp³-hybridized carbons (Fsp3) is 0.900. The van der Waals surface area contributed by atoms with Gasteiger partial charge in [-0.15, -0.1) is 0 Å². The van der Waals surface area contributed by atoms with Crippen LogP contribution in [0, 0.1) is 0 Å². The van der Waals surface area contributed by atoms with Crippen molar-refractivity contribution < 1.29 is 4.79 Å². The van der Waals surface area contributed by atoms with Gasteiger partial charge in [0.1, 0.15) is 0 Å². The number of rotatable bonds is 6. The van der Waals surface area contributed by atoms with Crippen LogP contribution in [0.4, 0.5) is 0 Å². The van der Waals surface area contributed by atoms with E-state index in [0.717, 1.165) is 25.9 Å². The zero-order valence-corrected chi connectivity index (χ0v) is 9.05. The Labute approximate surface area is 81.3 Å². The first-order valence-corrected chi connectivity index (χ1v) is 5.18. The Morgan fingerprint density at radius 1 is 1.38 bits per heavy atom. The molecule has 0 aromatic carbocycles. The Bertz CT molecular complexity index is 148. The topological polar surface area (TPSA) is 46.3 Å². The maximum Gasteiger partial charge on any atom is 0.224 e. The van der Waals surface area contributed by atoms with E-state index in [-0.39, 0.29) is 11.9 Å². The fourth-order valence-electron chi connectivity index (χ4n) is 1.23. The maximum absolute atomic E-state index is 11.6. The molecule has 78 valence electrons. The number of hydrogen-bond donors (Lipinski definition) is 1. The van der Waals surface area contributed by atoms with Crippen molar-refractivity contribution in [1.29, 1.82) is 0 Å². The monoisotopic (exact) mass is 186 g/mol. The molecule has 1 atom stereocenters. The molecule has 0 fully saturated rings. The van der Waals surface area contributed by atoms with Crippen molar-refractivity contribution in [2.45, 2.75) is 46.1 Å². The minimum atomic E-state index is 0.0263. The van der Waals surface area contributed by atoms with Crippen LogP contribution in [-0.4, -0.2) is 29.9 Å². The zero-order chi connectivity index (χ0) is 10.3. The molecule has 0 heterocycles. The molecule has 0 aromatic rings. The Hall–Kier alpha value is -0.570. The smallest absolute Gasteiger partial charge is 0.224 e. The molecule has 2 N–H and O–H groups in total. The van der Waals surface area contributed by atoms with Gasteiger partial charge in [-0.05, 0) is 19.8 Å². The summed E-state index contributed by atoms with van der Waals surface area (Å²) >= 11 is 0. The predicted octanol–water partition coefficient (Wildman–Crippen LogP) is 1.37. The van der Waals surface area contributed by atoms with E-state index in [2.05, 4.69) is 6.92 Å². The molecule has 0 spiro atoms. The molecule has 0 saturated heterocycles. The van der Waals surface area contributed by atoms with Crippen molar-refractivity contribution in [1.82, 2.24) is 4.90 Å². The van der Waals surface area contributed by atoms with Crippen molar-refractivity contribution in [3.63, 3.8) is 0 Å². The van der Waals surface area contributed by atoms with Gasteiger partial charge in [0.25, 0.3) is 0 Å².